The third-order valence-electron chi connectivity index (χ3n) is 2.98. The first kappa shape index (κ1) is 11.5. The number of nitrogens with two attached hydrogens (primary N) is 1. The Morgan fingerprint density at radius 3 is 2.81 bits per heavy atom. The van der Waals surface area contributed by atoms with Crippen molar-refractivity contribution < 1.29 is 9.26 Å². The molecule has 2 N–H and O–H groups in total. The molecular formula is C11H19N3O2. The van der Waals surface area contributed by atoms with Crippen LogP contribution in [0.3, 0.4) is 0 Å². The molecule has 2 atom stereocenters. The van der Waals surface area contributed by atoms with E-state index in [0.717, 1.165) is 12.8 Å². The van der Waals surface area contributed by atoms with Crippen molar-refractivity contribution in [1.82, 2.24) is 10.1 Å². The number of hydrogen-bond donors (Lipinski definition) is 1. The molecule has 2 heterocycles. The van der Waals surface area contributed by atoms with E-state index in [1.54, 1.807) is 0 Å². The minimum Gasteiger partial charge on any atom is -0.378 e. The monoisotopic (exact) mass is 225 g/mol. The summed E-state index contributed by atoms with van der Waals surface area (Å²) in [5.74, 6) is 1.51. The van der Waals surface area contributed by atoms with Crippen LogP contribution in [0.1, 0.15) is 51.2 Å². The number of ether oxygens (including phenoxy) is 1. The van der Waals surface area contributed by atoms with Gasteiger partial charge in [-0.25, -0.2) is 0 Å². The van der Waals surface area contributed by atoms with E-state index in [9.17, 15) is 0 Å². The molecule has 1 fully saturated rings. The fraction of sp³-hybridized carbons (Fsp3) is 0.818. The summed E-state index contributed by atoms with van der Waals surface area (Å²) in [5.41, 5.74) is 5.83. The Bertz CT molecular complexity index is 364. The second-order valence-electron chi connectivity index (χ2n) is 4.90. The van der Waals surface area contributed by atoms with Gasteiger partial charge in [0.05, 0.1) is 11.6 Å². The molecule has 2 rings (SSSR count). The Labute approximate surface area is 95.3 Å². The van der Waals surface area contributed by atoms with Gasteiger partial charge in [-0.1, -0.05) is 19.0 Å². The largest absolute Gasteiger partial charge is 0.378 e. The molecule has 0 spiro atoms. The van der Waals surface area contributed by atoms with Crippen LogP contribution in [0, 0.1) is 0 Å². The van der Waals surface area contributed by atoms with E-state index < -0.39 is 5.54 Å². The van der Waals surface area contributed by atoms with Crippen LogP contribution in [0.25, 0.3) is 0 Å². The van der Waals surface area contributed by atoms with Crippen LogP contribution in [-0.2, 0) is 10.3 Å². The predicted molar refractivity (Wildman–Crippen MR) is 58.9 cm³/mol. The van der Waals surface area contributed by atoms with Gasteiger partial charge in [0.2, 0.25) is 5.89 Å². The molecule has 5 heteroatoms. The van der Waals surface area contributed by atoms with Crippen LogP contribution in [0.4, 0.5) is 0 Å². The van der Waals surface area contributed by atoms with Gasteiger partial charge in [0.15, 0.2) is 5.82 Å². The van der Waals surface area contributed by atoms with Crippen molar-refractivity contribution in [1.29, 1.82) is 0 Å². The van der Waals surface area contributed by atoms with Gasteiger partial charge >= 0.3 is 0 Å². The topological polar surface area (TPSA) is 74.2 Å². The second kappa shape index (κ2) is 4.14. The lowest BCUT2D eigenvalue weighted by molar-refractivity contribution is -0.0117. The van der Waals surface area contributed by atoms with Gasteiger partial charge in [-0.05, 0) is 19.8 Å². The first-order chi connectivity index (χ1) is 7.51. The van der Waals surface area contributed by atoms with E-state index in [-0.39, 0.29) is 12.0 Å². The van der Waals surface area contributed by atoms with E-state index in [1.165, 1.54) is 0 Å². The van der Waals surface area contributed by atoms with Crippen molar-refractivity contribution in [3.63, 3.8) is 0 Å². The van der Waals surface area contributed by atoms with E-state index in [1.807, 2.05) is 20.8 Å². The lowest BCUT2D eigenvalue weighted by Gasteiger charge is -2.33. The minimum absolute atomic E-state index is 0.153. The van der Waals surface area contributed by atoms with E-state index in [2.05, 4.69) is 10.1 Å². The highest BCUT2D eigenvalue weighted by Crippen LogP contribution is 2.30. The van der Waals surface area contributed by atoms with E-state index >= 15 is 0 Å². The molecule has 1 saturated heterocycles. The normalized spacial score (nSPS) is 30.9. The summed E-state index contributed by atoms with van der Waals surface area (Å²) in [7, 11) is 0. The van der Waals surface area contributed by atoms with E-state index in [0.29, 0.717) is 18.3 Å². The summed E-state index contributed by atoms with van der Waals surface area (Å²) in [6.45, 7) is 6.72. The number of aromatic nitrogens is 2. The molecule has 0 bridgehead atoms. The zero-order valence-corrected chi connectivity index (χ0v) is 10.1. The van der Waals surface area contributed by atoms with Gasteiger partial charge in [0, 0.05) is 12.5 Å². The molecule has 16 heavy (non-hydrogen) atoms. The fourth-order valence-corrected chi connectivity index (χ4v) is 1.99. The zero-order chi connectivity index (χ0) is 11.8. The molecule has 0 amide bonds. The van der Waals surface area contributed by atoms with Crippen LogP contribution < -0.4 is 5.73 Å². The molecule has 0 radical (unpaired) electrons. The predicted octanol–water partition coefficient (Wildman–Crippen LogP) is 1.55. The van der Waals surface area contributed by atoms with Crippen molar-refractivity contribution in [2.45, 2.75) is 51.2 Å². The van der Waals surface area contributed by atoms with Crippen molar-refractivity contribution in [3.05, 3.63) is 11.7 Å². The third-order valence-corrected chi connectivity index (χ3v) is 2.98. The van der Waals surface area contributed by atoms with Crippen molar-refractivity contribution in [2.75, 3.05) is 6.61 Å². The highest BCUT2D eigenvalue weighted by Gasteiger charge is 2.37. The first-order valence-corrected chi connectivity index (χ1v) is 5.76. The molecule has 0 saturated carbocycles. The number of hydrogen-bond acceptors (Lipinski definition) is 5. The van der Waals surface area contributed by atoms with Gasteiger partial charge in [-0.15, -0.1) is 0 Å². The maximum absolute atomic E-state index is 6.32. The lowest BCUT2D eigenvalue weighted by Crippen LogP contribution is -2.45. The van der Waals surface area contributed by atoms with Gasteiger partial charge in [0.1, 0.15) is 0 Å². The van der Waals surface area contributed by atoms with Crippen LogP contribution in [0.2, 0.25) is 0 Å². The van der Waals surface area contributed by atoms with E-state index in [4.69, 9.17) is 15.0 Å². The molecule has 1 aromatic rings. The van der Waals surface area contributed by atoms with Gasteiger partial charge in [0.25, 0.3) is 0 Å². The third kappa shape index (κ3) is 2.10. The maximum atomic E-state index is 6.32. The Morgan fingerprint density at radius 1 is 1.50 bits per heavy atom. The Balaban J connectivity index is 2.21. The summed E-state index contributed by atoms with van der Waals surface area (Å²) in [6, 6.07) is 0. The molecule has 1 aliphatic rings. The Kier molecular flexibility index (Phi) is 2.99. The molecule has 5 nitrogen and oxygen atoms in total. The average Bonchev–Trinajstić information content (AvgIpc) is 2.66. The average molecular weight is 225 g/mol. The summed E-state index contributed by atoms with van der Waals surface area (Å²) in [4.78, 5) is 4.38. The Morgan fingerprint density at radius 2 is 2.25 bits per heavy atom. The molecule has 0 aliphatic carbocycles. The smallest absolute Gasteiger partial charge is 0.229 e. The van der Waals surface area contributed by atoms with Gasteiger partial charge in [-0.2, -0.15) is 4.98 Å². The minimum atomic E-state index is -0.492. The molecular weight excluding hydrogens is 206 g/mol. The zero-order valence-electron chi connectivity index (χ0n) is 10.1. The molecule has 1 aromatic heterocycles. The summed E-state index contributed by atoms with van der Waals surface area (Å²) >= 11 is 0. The second-order valence-corrected chi connectivity index (χ2v) is 4.90. The standard InChI is InChI=1S/C11H19N3O2/c1-7(2)9-13-10(14-16-9)11(12)4-5-15-8(3)6-11/h7-8H,4-6,12H2,1-3H3. The van der Waals surface area contributed by atoms with Crippen LogP contribution in [0.15, 0.2) is 4.52 Å². The molecule has 90 valence electrons. The molecule has 0 aromatic carbocycles. The first-order valence-electron chi connectivity index (χ1n) is 5.76. The van der Waals surface area contributed by atoms with Crippen molar-refractivity contribution >= 4 is 0 Å². The summed E-state index contributed by atoms with van der Waals surface area (Å²) < 4.78 is 10.7. The maximum Gasteiger partial charge on any atom is 0.229 e. The van der Waals surface area contributed by atoms with Crippen LogP contribution >= 0.6 is 0 Å². The van der Waals surface area contributed by atoms with Crippen molar-refractivity contribution in [3.8, 4) is 0 Å². The highest BCUT2D eigenvalue weighted by atomic mass is 16.5. The highest BCUT2D eigenvalue weighted by molar-refractivity contribution is 5.07. The lowest BCUT2D eigenvalue weighted by atomic mass is 9.87. The van der Waals surface area contributed by atoms with Crippen LogP contribution in [0.5, 0.6) is 0 Å². The van der Waals surface area contributed by atoms with Gasteiger partial charge < -0.3 is 15.0 Å². The SMILES string of the molecule is CC1CC(N)(c2noc(C(C)C)n2)CCO1. The molecule has 2 unspecified atom stereocenters. The summed E-state index contributed by atoms with van der Waals surface area (Å²) in [5, 5.41) is 4.00. The number of rotatable bonds is 2. The number of nitrogens with zero attached hydrogens (tertiary/aromatic N) is 2. The Hall–Kier alpha value is -0.940. The molecule has 1 aliphatic heterocycles. The van der Waals surface area contributed by atoms with Crippen LogP contribution in [-0.4, -0.2) is 22.9 Å². The fourth-order valence-electron chi connectivity index (χ4n) is 1.99. The van der Waals surface area contributed by atoms with Crippen molar-refractivity contribution in [2.24, 2.45) is 5.73 Å². The summed E-state index contributed by atoms with van der Waals surface area (Å²) in [6.07, 6.45) is 1.64. The quantitative estimate of drug-likeness (QED) is 0.826. The van der Waals surface area contributed by atoms with Gasteiger partial charge in [-0.3, -0.25) is 0 Å².